The average Bonchev–Trinajstić information content (AvgIpc) is 2.88. The van der Waals surface area contributed by atoms with Crippen LogP contribution in [0.2, 0.25) is 0 Å². The number of benzene rings is 1. The van der Waals surface area contributed by atoms with Gasteiger partial charge < -0.3 is 15.2 Å². The lowest BCUT2D eigenvalue weighted by Gasteiger charge is -2.21. The third-order valence-electron chi connectivity index (χ3n) is 3.23. The molecule has 0 saturated heterocycles. The number of aromatic amines is 1. The summed E-state index contributed by atoms with van der Waals surface area (Å²) in [5, 5.41) is 19.1. The molecule has 0 aliphatic carbocycles. The minimum absolute atomic E-state index is 0.181. The molecule has 0 fully saturated rings. The molecular weight excluding hydrogens is 298 g/mol. The number of carbonyl (C=O) groups is 2. The van der Waals surface area contributed by atoms with Gasteiger partial charge in [0.15, 0.2) is 5.69 Å². The van der Waals surface area contributed by atoms with Crippen molar-refractivity contribution in [3.8, 4) is 0 Å². The summed E-state index contributed by atoms with van der Waals surface area (Å²) in [6.07, 6.45) is 0.181. The molecule has 7 heteroatoms. The number of carboxylic acid groups (broad SMARTS) is 1. The van der Waals surface area contributed by atoms with Gasteiger partial charge in [-0.15, -0.1) is 0 Å². The van der Waals surface area contributed by atoms with Gasteiger partial charge in [-0.1, -0.05) is 18.2 Å². The summed E-state index contributed by atoms with van der Waals surface area (Å²) in [4.78, 5) is 23.6. The molecule has 1 unspecified atom stereocenters. The van der Waals surface area contributed by atoms with Crippen LogP contribution in [0.1, 0.15) is 37.7 Å². The number of amides is 1. The molecule has 23 heavy (non-hydrogen) atoms. The maximum Gasteiger partial charge on any atom is 0.326 e. The molecule has 1 atom stereocenters. The fourth-order valence-corrected chi connectivity index (χ4v) is 2.10. The molecule has 0 bridgehead atoms. The minimum atomic E-state index is -1.10. The lowest BCUT2D eigenvalue weighted by atomic mass is 10.1. The molecule has 2 aromatic rings. The first kappa shape index (κ1) is 17.0. The third kappa shape index (κ3) is 4.53. The zero-order valence-corrected chi connectivity index (χ0v) is 13.4. The number of fused-ring (bicyclic) bond motifs is 1. The van der Waals surface area contributed by atoms with Gasteiger partial charge in [0.25, 0.3) is 5.91 Å². The van der Waals surface area contributed by atoms with E-state index in [1.807, 2.05) is 26.8 Å². The Labute approximate surface area is 134 Å². The van der Waals surface area contributed by atoms with Gasteiger partial charge in [0.2, 0.25) is 0 Å². The van der Waals surface area contributed by atoms with Crippen LogP contribution in [0.25, 0.3) is 10.9 Å². The molecule has 0 aliphatic rings. The van der Waals surface area contributed by atoms with Crippen LogP contribution in [0, 0.1) is 0 Å². The SMILES string of the molecule is CC(C)(C)OCCC(NC(=O)c1n[nH]c2ccccc12)C(=O)O. The van der Waals surface area contributed by atoms with Crippen LogP contribution in [0.5, 0.6) is 0 Å². The number of nitrogens with one attached hydrogen (secondary N) is 2. The number of H-pyrrole nitrogens is 1. The van der Waals surface area contributed by atoms with Crippen molar-refractivity contribution in [1.82, 2.24) is 15.5 Å². The van der Waals surface area contributed by atoms with Crippen LogP contribution < -0.4 is 5.32 Å². The Bertz CT molecular complexity index is 703. The van der Waals surface area contributed by atoms with Crippen LogP contribution in [-0.2, 0) is 9.53 Å². The van der Waals surface area contributed by atoms with Crippen molar-refractivity contribution >= 4 is 22.8 Å². The normalized spacial score (nSPS) is 13.0. The average molecular weight is 319 g/mol. The minimum Gasteiger partial charge on any atom is -0.480 e. The number of ether oxygens (including phenoxy) is 1. The fourth-order valence-electron chi connectivity index (χ4n) is 2.10. The van der Waals surface area contributed by atoms with E-state index in [0.29, 0.717) is 5.39 Å². The van der Waals surface area contributed by atoms with Crippen molar-refractivity contribution in [3.63, 3.8) is 0 Å². The summed E-state index contributed by atoms with van der Waals surface area (Å²) in [7, 11) is 0. The molecule has 1 aromatic carbocycles. The molecule has 7 nitrogen and oxygen atoms in total. The number of carbonyl (C=O) groups excluding carboxylic acids is 1. The highest BCUT2D eigenvalue weighted by Gasteiger charge is 2.23. The lowest BCUT2D eigenvalue weighted by molar-refractivity contribution is -0.140. The van der Waals surface area contributed by atoms with Gasteiger partial charge in [0.05, 0.1) is 11.1 Å². The summed E-state index contributed by atoms with van der Waals surface area (Å²) in [5.41, 5.74) is 0.551. The Balaban J connectivity index is 2.04. The number of hydrogen-bond donors (Lipinski definition) is 3. The van der Waals surface area contributed by atoms with E-state index in [1.54, 1.807) is 18.2 Å². The fraction of sp³-hybridized carbons (Fsp3) is 0.438. The van der Waals surface area contributed by atoms with Crippen molar-refractivity contribution in [2.45, 2.75) is 38.8 Å². The molecule has 2 rings (SSSR count). The first-order chi connectivity index (χ1) is 10.8. The monoisotopic (exact) mass is 319 g/mol. The molecule has 3 N–H and O–H groups in total. The van der Waals surface area contributed by atoms with Crippen molar-refractivity contribution in [2.75, 3.05) is 6.61 Å². The number of para-hydroxylation sites is 1. The van der Waals surface area contributed by atoms with Gasteiger partial charge in [0, 0.05) is 18.4 Å². The molecule has 0 aliphatic heterocycles. The highest BCUT2D eigenvalue weighted by molar-refractivity contribution is 6.05. The topological polar surface area (TPSA) is 104 Å². The van der Waals surface area contributed by atoms with Gasteiger partial charge >= 0.3 is 5.97 Å². The van der Waals surface area contributed by atoms with E-state index in [0.717, 1.165) is 5.52 Å². The van der Waals surface area contributed by atoms with E-state index in [9.17, 15) is 14.7 Å². The molecule has 0 radical (unpaired) electrons. The molecular formula is C16H21N3O4. The standard InChI is InChI=1S/C16H21N3O4/c1-16(2,3)23-9-8-12(15(21)22)17-14(20)13-10-6-4-5-7-11(10)18-19-13/h4-7,12H,8-9H2,1-3H3,(H,17,20)(H,18,19)(H,21,22). The highest BCUT2D eigenvalue weighted by Crippen LogP contribution is 2.15. The maximum atomic E-state index is 12.3. The summed E-state index contributed by atoms with van der Waals surface area (Å²) < 4.78 is 5.52. The molecule has 0 saturated carbocycles. The predicted octanol–water partition coefficient (Wildman–Crippen LogP) is 1.95. The maximum absolute atomic E-state index is 12.3. The van der Waals surface area contributed by atoms with E-state index in [4.69, 9.17) is 4.74 Å². The van der Waals surface area contributed by atoms with E-state index in [1.165, 1.54) is 0 Å². The summed E-state index contributed by atoms with van der Waals surface area (Å²) in [6.45, 7) is 5.90. The van der Waals surface area contributed by atoms with Crippen LogP contribution in [-0.4, -0.2) is 45.4 Å². The molecule has 1 aromatic heterocycles. The van der Waals surface area contributed by atoms with E-state index >= 15 is 0 Å². The van der Waals surface area contributed by atoms with Crippen molar-refractivity contribution in [1.29, 1.82) is 0 Å². The lowest BCUT2D eigenvalue weighted by Crippen LogP contribution is -2.42. The number of aliphatic carboxylic acids is 1. The van der Waals surface area contributed by atoms with Crippen LogP contribution >= 0.6 is 0 Å². The molecule has 1 heterocycles. The van der Waals surface area contributed by atoms with Gasteiger partial charge in [-0.3, -0.25) is 9.89 Å². The number of nitrogens with zero attached hydrogens (tertiary/aromatic N) is 1. The number of rotatable bonds is 6. The van der Waals surface area contributed by atoms with Crippen LogP contribution in [0.15, 0.2) is 24.3 Å². The summed E-state index contributed by atoms with van der Waals surface area (Å²) in [5.74, 6) is -1.62. The zero-order chi connectivity index (χ0) is 17.0. The quantitative estimate of drug-likeness (QED) is 0.755. The Morgan fingerprint density at radius 1 is 1.35 bits per heavy atom. The van der Waals surface area contributed by atoms with Gasteiger partial charge in [-0.05, 0) is 26.8 Å². The molecule has 124 valence electrons. The van der Waals surface area contributed by atoms with Crippen LogP contribution in [0.3, 0.4) is 0 Å². The van der Waals surface area contributed by atoms with Gasteiger partial charge in [-0.25, -0.2) is 4.79 Å². The second-order valence-electron chi connectivity index (χ2n) is 6.23. The summed E-state index contributed by atoms with van der Waals surface area (Å²) >= 11 is 0. The second-order valence-corrected chi connectivity index (χ2v) is 6.23. The van der Waals surface area contributed by atoms with Gasteiger partial charge in [0.1, 0.15) is 6.04 Å². The molecule has 0 spiro atoms. The number of hydrogen-bond acceptors (Lipinski definition) is 4. The first-order valence-electron chi connectivity index (χ1n) is 7.38. The zero-order valence-electron chi connectivity index (χ0n) is 13.4. The Hall–Kier alpha value is -2.41. The Morgan fingerprint density at radius 3 is 2.70 bits per heavy atom. The second kappa shape index (κ2) is 6.78. The van der Waals surface area contributed by atoms with E-state index in [2.05, 4.69) is 15.5 Å². The van der Waals surface area contributed by atoms with E-state index < -0.39 is 17.9 Å². The van der Waals surface area contributed by atoms with E-state index in [-0.39, 0.29) is 24.3 Å². The smallest absolute Gasteiger partial charge is 0.326 e. The van der Waals surface area contributed by atoms with Gasteiger partial charge in [-0.2, -0.15) is 5.10 Å². The Kier molecular flexibility index (Phi) is 5.00. The largest absolute Gasteiger partial charge is 0.480 e. The van der Waals surface area contributed by atoms with Crippen molar-refractivity contribution in [3.05, 3.63) is 30.0 Å². The predicted molar refractivity (Wildman–Crippen MR) is 85.3 cm³/mol. The number of aromatic nitrogens is 2. The highest BCUT2D eigenvalue weighted by atomic mass is 16.5. The summed E-state index contributed by atoms with van der Waals surface area (Å²) in [6, 6.07) is 6.14. The van der Waals surface area contributed by atoms with Crippen molar-refractivity contribution in [2.24, 2.45) is 0 Å². The first-order valence-corrected chi connectivity index (χ1v) is 7.38. The van der Waals surface area contributed by atoms with Crippen LogP contribution in [0.4, 0.5) is 0 Å². The Morgan fingerprint density at radius 2 is 2.04 bits per heavy atom. The molecule has 1 amide bonds. The third-order valence-corrected chi connectivity index (χ3v) is 3.23. The number of carboxylic acids is 1. The van der Waals surface area contributed by atoms with Crippen molar-refractivity contribution < 1.29 is 19.4 Å².